The first kappa shape index (κ1) is 13.6. The number of nitrogens with zero attached hydrogens (tertiary/aromatic N) is 1. The molecule has 1 aromatic rings. The van der Waals surface area contributed by atoms with Crippen LogP contribution in [0.3, 0.4) is 0 Å². The maximum absolute atomic E-state index is 11.5. The van der Waals surface area contributed by atoms with Crippen molar-refractivity contribution < 1.29 is 4.79 Å². The number of carbonyl (C=O) groups excluding carboxylic acids is 1. The predicted octanol–water partition coefficient (Wildman–Crippen LogP) is 1.22. The average molecular weight is 251 g/mol. The van der Waals surface area contributed by atoms with Crippen molar-refractivity contribution >= 4 is 17.4 Å². The lowest BCUT2D eigenvalue weighted by molar-refractivity contribution is 0.208. The molecule has 0 aliphatic carbocycles. The summed E-state index contributed by atoms with van der Waals surface area (Å²) < 4.78 is 0. The summed E-state index contributed by atoms with van der Waals surface area (Å²) in [5, 5.41) is 4.73. The molecular weight excluding hydrogens is 234 g/mol. The summed E-state index contributed by atoms with van der Waals surface area (Å²) in [5.74, 6) is 5.77. The molecule has 0 atom stereocenters. The lowest BCUT2D eigenvalue weighted by Crippen LogP contribution is -2.36. The van der Waals surface area contributed by atoms with Gasteiger partial charge in [-0.1, -0.05) is 11.8 Å². The summed E-state index contributed by atoms with van der Waals surface area (Å²) >= 11 is 1.60. The van der Waals surface area contributed by atoms with E-state index in [1.54, 1.807) is 23.3 Å². The van der Waals surface area contributed by atoms with Gasteiger partial charge in [0.2, 0.25) is 0 Å². The molecule has 0 aliphatic rings. The van der Waals surface area contributed by atoms with Gasteiger partial charge >= 0.3 is 6.03 Å². The van der Waals surface area contributed by atoms with Crippen LogP contribution < -0.4 is 11.1 Å². The van der Waals surface area contributed by atoms with E-state index in [0.29, 0.717) is 19.6 Å². The minimum atomic E-state index is -0.0597. The van der Waals surface area contributed by atoms with Crippen molar-refractivity contribution in [2.75, 3.05) is 20.1 Å². The Hall–Kier alpha value is -1.51. The minimum Gasteiger partial charge on any atom is -0.338 e. The fourth-order valence-corrected chi connectivity index (χ4v) is 2.14. The van der Waals surface area contributed by atoms with Crippen LogP contribution in [0.1, 0.15) is 17.4 Å². The van der Waals surface area contributed by atoms with Crippen LogP contribution in [0.2, 0.25) is 0 Å². The van der Waals surface area contributed by atoms with Gasteiger partial charge < -0.3 is 16.0 Å². The van der Waals surface area contributed by atoms with Gasteiger partial charge in [0.05, 0.1) is 13.1 Å². The fourth-order valence-electron chi connectivity index (χ4n) is 1.27. The van der Waals surface area contributed by atoms with Gasteiger partial charge in [0, 0.05) is 29.4 Å². The Morgan fingerprint density at radius 3 is 3.06 bits per heavy atom. The molecule has 2 amide bonds. The molecule has 1 rings (SSSR count). The largest absolute Gasteiger partial charge is 0.338 e. The summed E-state index contributed by atoms with van der Waals surface area (Å²) in [4.78, 5) is 14.3. The molecule has 0 saturated heterocycles. The normalized spacial score (nSPS) is 9.35. The van der Waals surface area contributed by atoms with E-state index in [9.17, 15) is 4.79 Å². The second-order valence-electron chi connectivity index (χ2n) is 3.50. The first-order valence-electron chi connectivity index (χ1n) is 5.42. The highest BCUT2D eigenvalue weighted by Gasteiger charge is 2.08. The zero-order valence-corrected chi connectivity index (χ0v) is 10.9. The van der Waals surface area contributed by atoms with Crippen molar-refractivity contribution in [3.05, 3.63) is 21.9 Å². The van der Waals surface area contributed by atoms with Gasteiger partial charge in [0.25, 0.3) is 0 Å². The number of amides is 2. The van der Waals surface area contributed by atoms with Crippen molar-refractivity contribution in [3.63, 3.8) is 0 Å². The Morgan fingerprint density at radius 1 is 1.65 bits per heavy atom. The molecule has 0 spiro atoms. The van der Waals surface area contributed by atoms with E-state index in [1.165, 1.54) is 0 Å². The third-order valence-corrected chi connectivity index (χ3v) is 2.98. The SMILES string of the molecule is CCNC(=O)N(C)Cc1cc(C#CCN)cs1. The van der Waals surface area contributed by atoms with Crippen LogP contribution in [-0.2, 0) is 6.54 Å². The molecule has 0 saturated carbocycles. The van der Waals surface area contributed by atoms with Crippen LogP contribution in [0.4, 0.5) is 4.79 Å². The van der Waals surface area contributed by atoms with Crippen molar-refractivity contribution in [2.45, 2.75) is 13.5 Å². The molecule has 17 heavy (non-hydrogen) atoms. The number of urea groups is 1. The topological polar surface area (TPSA) is 58.4 Å². The molecule has 0 fully saturated rings. The third kappa shape index (κ3) is 4.47. The van der Waals surface area contributed by atoms with E-state index in [0.717, 1.165) is 10.4 Å². The lowest BCUT2D eigenvalue weighted by atomic mass is 10.3. The summed E-state index contributed by atoms with van der Waals surface area (Å²) in [5.41, 5.74) is 6.26. The Labute approximate surface area is 106 Å². The maximum atomic E-state index is 11.5. The van der Waals surface area contributed by atoms with Crippen LogP contribution in [-0.4, -0.2) is 31.1 Å². The van der Waals surface area contributed by atoms with E-state index in [2.05, 4.69) is 17.2 Å². The summed E-state index contributed by atoms with van der Waals surface area (Å²) in [6, 6.07) is 1.93. The first-order valence-corrected chi connectivity index (χ1v) is 6.30. The molecule has 0 aliphatic heterocycles. The van der Waals surface area contributed by atoms with Crippen molar-refractivity contribution in [1.29, 1.82) is 0 Å². The van der Waals surface area contributed by atoms with Gasteiger partial charge in [-0.3, -0.25) is 0 Å². The number of hydrogen-bond donors (Lipinski definition) is 2. The van der Waals surface area contributed by atoms with E-state index in [1.807, 2.05) is 18.4 Å². The zero-order chi connectivity index (χ0) is 12.7. The molecule has 0 unspecified atom stereocenters. The molecule has 3 N–H and O–H groups in total. The number of nitrogens with two attached hydrogens (primary N) is 1. The van der Waals surface area contributed by atoms with Crippen LogP contribution >= 0.6 is 11.3 Å². The van der Waals surface area contributed by atoms with Gasteiger partial charge in [-0.25, -0.2) is 4.79 Å². The average Bonchev–Trinajstić information content (AvgIpc) is 2.74. The Kier molecular flexibility index (Phi) is 5.53. The number of thiophene rings is 1. The molecule has 1 aromatic heterocycles. The molecule has 4 nitrogen and oxygen atoms in total. The highest BCUT2D eigenvalue weighted by molar-refractivity contribution is 7.10. The van der Waals surface area contributed by atoms with Crippen LogP contribution in [0.15, 0.2) is 11.4 Å². The van der Waals surface area contributed by atoms with Crippen molar-refractivity contribution in [2.24, 2.45) is 5.73 Å². The van der Waals surface area contributed by atoms with Gasteiger partial charge in [-0.05, 0) is 13.0 Å². The van der Waals surface area contributed by atoms with Crippen molar-refractivity contribution in [3.8, 4) is 11.8 Å². The maximum Gasteiger partial charge on any atom is 0.317 e. The smallest absolute Gasteiger partial charge is 0.317 e. The van der Waals surface area contributed by atoms with Gasteiger partial charge in [0.15, 0.2) is 0 Å². The van der Waals surface area contributed by atoms with Crippen molar-refractivity contribution in [1.82, 2.24) is 10.2 Å². The van der Waals surface area contributed by atoms with Crippen LogP contribution in [0.25, 0.3) is 0 Å². The highest BCUT2D eigenvalue weighted by Crippen LogP contribution is 2.15. The molecule has 0 aromatic carbocycles. The van der Waals surface area contributed by atoms with E-state index < -0.39 is 0 Å². The monoisotopic (exact) mass is 251 g/mol. The second-order valence-corrected chi connectivity index (χ2v) is 4.49. The minimum absolute atomic E-state index is 0.0597. The summed E-state index contributed by atoms with van der Waals surface area (Å²) in [6.07, 6.45) is 0. The molecule has 1 heterocycles. The molecule has 0 bridgehead atoms. The van der Waals surface area contributed by atoms with Crippen LogP contribution in [0.5, 0.6) is 0 Å². The Bertz CT molecular complexity index is 430. The Balaban J connectivity index is 2.57. The number of hydrogen-bond acceptors (Lipinski definition) is 3. The number of nitrogens with one attached hydrogen (secondary N) is 1. The van der Waals surface area contributed by atoms with Crippen LogP contribution in [0, 0.1) is 11.8 Å². The summed E-state index contributed by atoms with van der Waals surface area (Å²) in [7, 11) is 1.77. The number of rotatable bonds is 3. The van der Waals surface area contributed by atoms with Gasteiger partial charge in [-0.2, -0.15) is 0 Å². The zero-order valence-electron chi connectivity index (χ0n) is 10.1. The lowest BCUT2D eigenvalue weighted by Gasteiger charge is -2.16. The fraction of sp³-hybridized carbons (Fsp3) is 0.417. The van der Waals surface area contributed by atoms with E-state index >= 15 is 0 Å². The third-order valence-electron chi connectivity index (χ3n) is 2.06. The number of carbonyl (C=O) groups is 1. The highest BCUT2D eigenvalue weighted by atomic mass is 32.1. The molecule has 5 heteroatoms. The second kappa shape index (κ2) is 6.94. The predicted molar refractivity (Wildman–Crippen MR) is 70.8 cm³/mol. The standard InChI is InChI=1S/C12H17N3OS/c1-3-14-12(16)15(2)8-11-7-10(9-17-11)5-4-6-13/h7,9H,3,6,8,13H2,1-2H3,(H,14,16). The molecule has 92 valence electrons. The van der Waals surface area contributed by atoms with Gasteiger partial charge in [0.1, 0.15) is 0 Å². The quantitative estimate of drug-likeness (QED) is 0.794. The first-order chi connectivity index (χ1) is 8.17. The molecule has 0 radical (unpaired) electrons. The molecular formula is C12H17N3OS. The summed E-state index contributed by atoms with van der Waals surface area (Å²) in [6.45, 7) is 3.50. The van der Waals surface area contributed by atoms with Gasteiger partial charge in [-0.15, -0.1) is 11.3 Å². The Morgan fingerprint density at radius 2 is 2.41 bits per heavy atom. The van der Waals surface area contributed by atoms with E-state index in [4.69, 9.17) is 5.73 Å². The van der Waals surface area contributed by atoms with E-state index in [-0.39, 0.29) is 6.03 Å².